The third-order valence-electron chi connectivity index (χ3n) is 16.0. The smallest absolute Gasteiger partial charge is 0.0541 e. The van der Waals surface area contributed by atoms with Crippen LogP contribution in [0, 0.1) is 0 Å². The Morgan fingerprint density at radius 3 is 1.12 bits per heavy atom. The zero-order valence-corrected chi connectivity index (χ0v) is 42.8. The van der Waals surface area contributed by atoms with Crippen LogP contribution in [-0.4, -0.2) is 4.57 Å². The highest BCUT2D eigenvalue weighted by molar-refractivity contribution is 6.26. The number of hydrogen-bond acceptors (Lipinski definition) is 1. The first-order valence-corrected chi connectivity index (χ1v) is 26.9. The van der Waals surface area contributed by atoms with E-state index in [-0.39, 0.29) is 0 Å². The van der Waals surface area contributed by atoms with Crippen molar-refractivity contribution in [2.45, 2.75) is 0 Å². The van der Waals surface area contributed by atoms with Crippen molar-refractivity contribution in [2.75, 3.05) is 4.90 Å². The maximum absolute atomic E-state index is 2.49. The van der Waals surface area contributed by atoms with Crippen molar-refractivity contribution in [1.29, 1.82) is 0 Å². The Morgan fingerprint density at radius 1 is 0.205 bits per heavy atom. The minimum Gasteiger partial charge on any atom is -0.311 e. The molecule has 1 heterocycles. The summed E-state index contributed by atoms with van der Waals surface area (Å²) in [5.41, 5.74) is 18.6. The van der Waals surface area contributed by atoms with Gasteiger partial charge < -0.3 is 9.47 Å². The maximum atomic E-state index is 2.49. The van der Waals surface area contributed by atoms with E-state index >= 15 is 0 Å². The van der Waals surface area contributed by atoms with E-state index in [1.807, 2.05) is 0 Å². The fraction of sp³-hybridized carbons (Fsp3) is 0. The highest BCUT2D eigenvalue weighted by Crippen LogP contribution is 2.44. The van der Waals surface area contributed by atoms with E-state index in [0.717, 1.165) is 39.4 Å². The van der Waals surface area contributed by atoms with Gasteiger partial charge in [-0.15, -0.1) is 0 Å². The number of para-hydroxylation sites is 1. The lowest BCUT2D eigenvalue weighted by Gasteiger charge is -2.26. The Hall–Kier alpha value is -10.3. The summed E-state index contributed by atoms with van der Waals surface area (Å²) in [5.74, 6) is 0. The average molecular weight is 991 g/mol. The highest BCUT2D eigenvalue weighted by Gasteiger charge is 2.20. The predicted molar refractivity (Wildman–Crippen MR) is 333 cm³/mol. The van der Waals surface area contributed by atoms with Crippen LogP contribution in [0.1, 0.15) is 0 Å². The standard InChI is InChI=1S/C76H50N2/c1-3-15-51(16-4-1)54-29-38-62(39-30-54)77(63-40-31-55(32-41-63)52-17-5-2-6-18-52)64-42-33-56(34-43-64)59-36-45-75-72(48-59)73-49-60(58-28-27-53-19-7-8-20-57(53)47-58)37-46-76(73)78(75)74-26-14-13-21-65(74)61-35-44-70-68-24-10-9-22-66(68)67-23-11-12-25-69(67)71(70)50-61/h1-50H. The molecule has 2 heteroatoms. The lowest BCUT2D eigenvalue weighted by molar-refractivity contribution is 1.18. The summed E-state index contributed by atoms with van der Waals surface area (Å²) in [6, 6.07) is 111. The molecule has 0 amide bonds. The summed E-state index contributed by atoms with van der Waals surface area (Å²) in [7, 11) is 0. The molecule has 0 aliphatic carbocycles. The summed E-state index contributed by atoms with van der Waals surface area (Å²) in [4.78, 5) is 2.36. The van der Waals surface area contributed by atoms with Gasteiger partial charge in [-0.25, -0.2) is 0 Å². The largest absolute Gasteiger partial charge is 0.311 e. The third kappa shape index (κ3) is 7.81. The van der Waals surface area contributed by atoms with E-state index in [2.05, 4.69) is 313 Å². The second kappa shape index (κ2) is 18.8. The third-order valence-corrected chi connectivity index (χ3v) is 16.0. The van der Waals surface area contributed by atoms with Crippen molar-refractivity contribution in [2.24, 2.45) is 0 Å². The second-order valence-corrected chi connectivity index (χ2v) is 20.4. The molecule has 0 radical (unpaired) electrons. The molecule has 1 aromatic heterocycles. The Labute approximate surface area is 453 Å². The Morgan fingerprint density at radius 2 is 0.564 bits per heavy atom. The number of anilines is 3. The average Bonchev–Trinajstić information content (AvgIpc) is 4.08. The number of hydrogen-bond donors (Lipinski definition) is 0. The Balaban J connectivity index is 0.865. The van der Waals surface area contributed by atoms with Crippen LogP contribution in [0.15, 0.2) is 303 Å². The molecule has 2 nitrogen and oxygen atoms in total. The Kier molecular flexibility index (Phi) is 10.9. The zero-order valence-electron chi connectivity index (χ0n) is 42.8. The van der Waals surface area contributed by atoms with Crippen molar-refractivity contribution in [3.05, 3.63) is 303 Å². The molecule has 15 aromatic rings. The number of rotatable bonds is 9. The van der Waals surface area contributed by atoms with E-state index in [1.165, 1.54) is 104 Å². The molecule has 0 bridgehead atoms. The first kappa shape index (κ1) is 45.1. The molecule has 0 unspecified atom stereocenters. The van der Waals surface area contributed by atoms with Gasteiger partial charge in [-0.3, -0.25) is 0 Å². The van der Waals surface area contributed by atoms with E-state index in [9.17, 15) is 0 Å². The van der Waals surface area contributed by atoms with Crippen molar-refractivity contribution < 1.29 is 0 Å². The van der Waals surface area contributed by atoms with Gasteiger partial charge in [0.15, 0.2) is 0 Å². The number of benzene rings is 14. The minimum atomic E-state index is 1.09. The van der Waals surface area contributed by atoms with Crippen LogP contribution >= 0.6 is 0 Å². The van der Waals surface area contributed by atoms with Crippen molar-refractivity contribution >= 4 is 82.0 Å². The van der Waals surface area contributed by atoms with Gasteiger partial charge in [0.05, 0.1) is 16.7 Å². The lowest BCUT2D eigenvalue weighted by atomic mass is 9.92. The summed E-state index contributed by atoms with van der Waals surface area (Å²) in [6.45, 7) is 0. The lowest BCUT2D eigenvalue weighted by Crippen LogP contribution is -2.09. The monoisotopic (exact) mass is 990 g/mol. The number of nitrogens with zero attached hydrogens (tertiary/aromatic N) is 2. The molecule has 0 atom stereocenters. The van der Waals surface area contributed by atoms with Crippen molar-refractivity contribution in [1.82, 2.24) is 4.57 Å². The van der Waals surface area contributed by atoms with Gasteiger partial charge in [-0.05, 0) is 172 Å². The molecule has 0 fully saturated rings. The van der Waals surface area contributed by atoms with Crippen LogP contribution < -0.4 is 4.90 Å². The molecule has 15 rings (SSSR count). The van der Waals surface area contributed by atoms with Gasteiger partial charge in [0.1, 0.15) is 0 Å². The summed E-state index contributed by atoms with van der Waals surface area (Å²) < 4.78 is 2.49. The van der Waals surface area contributed by atoms with E-state index in [1.54, 1.807) is 0 Å². The summed E-state index contributed by atoms with van der Waals surface area (Å²) in [5, 5.41) is 12.5. The SMILES string of the molecule is c1ccc(-c2ccc(N(c3ccc(-c4ccccc4)cc3)c3ccc(-c4ccc5c(c4)c4cc(-c6ccc7ccccc7c6)ccc4n5-c4ccccc4-c4ccc5c6ccccc6c6ccccc6c5c4)cc3)cc2)cc1. The van der Waals surface area contributed by atoms with Gasteiger partial charge in [-0.1, -0.05) is 224 Å². The quantitative estimate of drug-likeness (QED) is 0.131. The zero-order chi connectivity index (χ0) is 51.5. The van der Waals surface area contributed by atoms with E-state index in [4.69, 9.17) is 0 Å². The van der Waals surface area contributed by atoms with Crippen molar-refractivity contribution in [3.8, 4) is 61.3 Å². The second-order valence-electron chi connectivity index (χ2n) is 20.4. The maximum Gasteiger partial charge on any atom is 0.0541 e. The van der Waals surface area contributed by atoms with E-state index < -0.39 is 0 Å². The fourth-order valence-electron chi connectivity index (χ4n) is 12.1. The topological polar surface area (TPSA) is 8.17 Å². The first-order valence-electron chi connectivity index (χ1n) is 26.9. The molecule has 14 aromatic carbocycles. The van der Waals surface area contributed by atoms with Crippen LogP contribution in [0.3, 0.4) is 0 Å². The normalized spacial score (nSPS) is 11.6. The first-order chi connectivity index (χ1) is 38.7. The molecule has 364 valence electrons. The van der Waals surface area contributed by atoms with Crippen LogP contribution in [-0.2, 0) is 0 Å². The molecule has 0 saturated carbocycles. The molecule has 0 saturated heterocycles. The van der Waals surface area contributed by atoms with E-state index in [0.29, 0.717) is 0 Å². The number of aromatic nitrogens is 1. The fourth-order valence-corrected chi connectivity index (χ4v) is 12.1. The van der Waals surface area contributed by atoms with Crippen molar-refractivity contribution in [3.63, 3.8) is 0 Å². The highest BCUT2D eigenvalue weighted by atomic mass is 15.1. The van der Waals surface area contributed by atoms with Crippen LogP contribution in [0.25, 0.3) is 126 Å². The summed E-state index contributed by atoms with van der Waals surface area (Å²) in [6.07, 6.45) is 0. The molecule has 0 aliphatic heterocycles. The predicted octanol–water partition coefficient (Wildman–Crippen LogP) is 21.2. The van der Waals surface area contributed by atoms with Crippen LogP contribution in [0.4, 0.5) is 17.1 Å². The minimum absolute atomic E-state index is 1.09. The molecule has 0 spiro atoms. The molecule has 78 heavy (non-hydrogen) atoms. The van der Waals surface area contributed by atoms with Gasteiger partial charge in [0.2, 0.25) is 0 Å². The van der Waals surface area contributed by atoms with Crippen LogP contribution in [0.5, 0.6) is 0 Å². The van der Waals surface area contributed by atoms with Gasteiger partial charge >= 0.3 is 0 Å². The Bertz CT molecular complexity index is 4630. The molecular weight excluding hydrogens is 941 g/mol. The molecule has 0 N–H and O–H groups in total. The molecular formula is C76H50N2. The number of fused-ring (bicyclic) bond motifs is 10. The van der Waals surface area contributed by atoms with Gasteiger partial charge in [0, 0.05) is 33.4 Å². The van der Waals surface area contributed by atoms with Crippen LogP contribution in [0.2, 0.25) is 0 Å². The molecule has 0 aliphatic rings. The van der Waals surface area contributed by atoms with Gasteiger partial charge in [-0.2, -0.15) is 0 Å². The van der Waals surface area contributed by atoms with Gasteiger partial charge in [0.25, 0.3) is 0 Å². The summed E-state index contributed by atoms with van der Waals surface area (Å²) >= 11 is 0.